The molecule has 2 heterocycles. The number of hydrogen-bond donors (Lipinski definition) is 0. The summed E-state index contributed by atoms with van der Waals surface area (Å²) in [5, 5.41) is 0. The molecule has 0 aromatic rings. The molecule has 7 nitrogen and oxygen atoms in total. The Kier molecular flexibility index (Phi) is 6.81. The summed E-state index contributed by atoms with van der Waals surface area (Å²) in [6, 6.07) is 0.202. The molecule has 2 aliphatic heterocycles. The Labute approximate surface area is 150 Å². The van der Waals surface area contributed by atoms with Crippen LogP contribution in [0.1, 0.15) is 33.1 Å². The van der Waals surface area contributed by atoms with Gasteiger partial charge in [0.2, 0.25) is 11.8 Å². The van der Waals surface area contributed by atoms with E-state index in [0.717, 1.165) is 25.8 Å². The third-order valence-electron chi connectivity index (χ3n) is 5.53. The Balaban J connectivity index is 1.88. The number of carbonyl (C=O) groups excluding carboxylic acids is 3. The minimum atomic E-state index is -0.248. The van der Waals surface area contributed by atoms with Crippen molar-refractivity contribution in [2.75, 3.05) is 46.9 Å². The molecule has 3 atom stereocenters. The van der Waals surface area contributed by atoms with Crippen LogP contribution < -0.4 is 0 Å². The second-order valence-corrected chi connectivity index (χ2v) is 7.24. The third-order valence-corrected chi connectivity index (χ3v) is 5.53. The molecule has 7 heteroatoms. The zero-order valence-corrected chi connectivity index (χ0v) is 15.9. The van der Waals surface area contributed by atoms with Crippen LogP contribution in [0.15, 0.2) is 0 Å². The number of nitrogens with zero attached hydrogens (tertiary/aromatic N) is 3. The van der Waals surface area contributed by atoms with Gasteiger partial charge >= 0.3 is 5.97 Å². The van der Waals surface area contributed by atoms with Crippen molar-refractivity contribution in [2.45, 2.75) is 39.2 Å². The molecule has 0 N–H and O–H groups in total. The van der Waals surface area contributed by atoms with Crippen LogP contribution in [-0.2, 0) is 19.1 Å². The van der Waals surface area contributed by atoms with Gasteiger partial charge in [0, 0.05) is 26.2 Å². The van der Waals surface area contributed by atoms with Crippen LogP contribution in [0.2, 0.25) is 0 Å². The molecular formula is C18H31N3O4. The molecule has 0 bridgehead atoms. The fraction of sp³-hybridized carbons (Fsp3) is 0.833. The molecule has 25 heavy (non-hydrogen) atoms. The minimum Gasteiger partial charge on any atom is -0.466 e. The lowest BCUT2D eigenvalue weighted by Crippen LogP contribution is -2.48. The SMILES string of the molecule is CCOC(=O)[C@@H]1CCCN(C(=O)CN(C)C(=O)[C@@H]2CCN(C)[C@@H]2C)C1. The number of carbonyl (C=O) groups is 3. The van der Waals surface area contributed by atoms with E-state index >= 15 is 0 Å². The summed E-state index contributed by atoms with van der Waals surface area (Å²) in [4.78, 5) is 42.5. The summed E-state index contributed by atoms with van der Waals surface area (Å²) in [6.45, 7) is 6.20. The van der Waals surface area contributed by atoms with Crippen LogP contribution in [0.5, 0.6) is 0 Å². The summed E-state index contributed by atoms with van der Waals surface area (Å²) >= 11 is 0. The number of rotatable bonds is 5. The summed E-state index contributed by atoms with van der Waals surface area (Å²) in [5.74, 6) is -0.584. The van der Waals surface area contributed by atoms with Gasteiger partial charge in [-0.15, -0.1) is 0 Å². The predicted molar refractivity (Wildman–Crippen MR) is 93.8 cm³/mol. The molecular weight excluding hydrogens is 322 g/mol. The molecule has 0 radical (unpaired) electrons. The summed E-state index contributed by atoms with van der Waals surface area (Å²) in [6.07, 6.45) is 2.38. The van der Waals surface area contributed by atoms with E-state index in [9.17, 15) is 14.4 Å². The van der Waals surface area contributed by atoms with Crippen molar-refractivity contribution in [3.8, 4) is 0 Å². The molecule has 142 valence electrons. The highest BCUT2D eigenvalue weighted by Crippen LogP contribution is 2.24. The highest BCUT2D eigenvalue weighted by atomic mass is 16.5. The van der Waals surface area contributed by atoms with Crippen LogP contribution in [-0.4, -0.2) is 85.4 Å². The molecule has 2 fully saturated rings. The van der Waals surface area contributed by atoms with E-state index in [0.29, 0.717) is 19.7 Å². The van der Waals surface area contributed by atoms with Gasteiger partial charge in [-0.2, -0.15) is 0 Å². The lowest BCUT2D eigenvalue weighted by atomic mass is 9.98. The zero-order valence-electron chi connectivity index (χ0n) is 15.9. The first-order valence-electron chi connectivity index (χ1n) is 9.24. The Morgan fingerprint density at radius 1 is 1.20 bits per heavy atom. The molecule has 0 aromatic heterocycles. The Morgan fingerprint density at radius 2 is 1.92 bits per heavy atom. The van der Waals surface area contributed by atoms with Crippen molar-refractivity contribution < 1.29 is 19.1 Å². The van der Waals surface area contributed by atoms with Crippen LogP contribution >= 0.6 is 0 Å². The molecule has 2 saturated heterocycles. The van der Waals surface area contributed by atoms with Crippen molar-refractivity contribution in [3.63, 3.8) is 0 Å². The lowest BCUT2D eigenvalue weighted by molar-refractivity contribution is -0.152. The highest BCUT2D eigenvalue weighted by Gasteiger charge is 2.36. The second-order valence-electron chi connectivity index (χ2n) is 7.24. The van der Waals surface area contributed by atoms with Crippen molar-refractivity contribution in [2.24, 2.45) is 11.8 Å². The lowest BCUT2D eigenvalue weighted by Gasteiger charge is -2.33. The summed E-state index contributed by atoms with van der Waals surface area (Å²) < 4.78 is 5.07. The first kappa shape index (κ1) is 19.7. The Bertz CT molecular complexity index is 511. The maximum atomic E-state index is 12.6. The number of hydrogen-bond acceptors (Lipinski definition) is 5. The maximum absolute atomic E-state index is 12.6. The predicted octanol–water partition coefficient (Wildman–Crippen LogP) is 0.587. The van der Waals surface area contributed by atoms with Gasteiger partial charge in [-0.3, -0.25) is 14.4 Å². The monoisotopic (exact) mass is 353 g/mol. The van der Waals surface area contributed by atoms with Gasteiger partial charge in [0.15, 0.2) is 0 Å². The number of likely N-dealkylation sites (N-methyl/N-ethyl adjacent to an activating group) is 1. The Hall–Kier alpha value is -1.63. The average molecular weight is 353 g/mol. The van der Waals surface area contributed by atoms with Crippen LogP contribution in [0.3, 0.4) is 0 Å². The first-order valence-corrected chi connectivity index (χ1v) is 9.24. The van der Waals surface area contributed by atoms with Gasteiger partial charge < -0.3 is 19.4 Å². The van der Waals surface area contributed by atoms with Gasteiger partial charge in [-0.25, -0.2) is 0 Å². The third kappa shape index (κ3) is 4.71. The molecule has 0 saturated carbocycles. The molecule has 2 rings (SSSR count). The molecule has 0 aliphatic carbocycles. The fourth-order valence-corrected chi connectivity index (χ4v) is 3.74. The first-order chi connectivity index (χ1) is 11.8. The molecule has 0 unspecified atom stereocenters. The van der Waals surface area contributed by atoms with Gasteiger partial charge in [-0.05, 0) is 46.7 Å². The van der Waals surface area contributed by atoms with E-state index in [1.54, 1.807) is 18.9 Å². The van der Waals surface area contributed by atoms with Crippen LogP contribution in [0.25, 0.3) is 0 Å². The average Bonchev–Trinajstić information content (AvgIpc) is 2.93. The summed E-state index contributed by atoms with van der Waals surface area (Å²) in [7, 11) is 3.71. The number of likely N-dealkylation sites (tertiary alicyclic amines) is 2. The van der Waals surface area contributed by atoms with E-state index in [-0.39, 0.29) is 42.2 Å². The van der Waals surface area contributed by atoms with Gasteiger partial charge in [0.05, 0.1) is 25.0 Å². The fourth-order valence-electron chi connectivity index (χ4n) is 3.74. The normalized spacial score (nSPS) is 27.2. The van der Waals surface area contributed by atoms with Crippen LogP contribution in [0.4, 0.5) is 0 Å². The van der Waals surface area contributed by atoms with Gasteiger partial charge in [0.25, 0.3) is 0 Å². The zero-order chi connectivity index (χ0) is 18.6. The molecule has 0 spiro atoms. The molecule has 2 amide bonds. The number of amides is 2. The van der Waals surface area contributed by atoms with Crippen molar-refractivity contribution in [1.82, 2.24) is 14.7 Å². The van der Waals surface area contributed by atoms with E-state index in [2.05, 4.69) is 11.8 Å². The molecule has 2 aliphatic rings. The topological polar surface area (TPSA) is 70.2 Å². The van der Waals surface area contributed by atoms with E-state index in [1.165, 1.54) is 4.90 Å². The highest BCUT2D eigenvalue weighted by molar-refractivity contribution is 5.86. The number of piperidine rings is 1. The summed E-state index contributed by atoms with van der Waals surface area (Å²) in [5.41, 5.74) is 0. The minimum absolute atomic E-state index is 0.0316. The second kappa shape index (κ2) is 8.65. The quantitative estimate of drug-likeness (QED) is 0.677. The van der Waals surface area contributed by atoms with Crippen molar-refractivity contribution >= 4 is 17.8 Å². The standard InChI is InChI=1S/C18H31N3O4/c1-5-25-18(24)14-7-6-9-21(11-14)16(22)12-20(4)17(23)15-8-10-19(3)13(15)2/h13-15H,5-12H2,1-4H3/t13-,14-,15-/m1/s1. The number of esters is 1. The number of ether oxygens (including phenoxy) is 1. The van der Waals surface area contributed by atoms with Gasteiger partial charge in [0.1, 0.15) is 0 Å². The van der Waals surface area contributed by atoms with Crippen molar-refractivity contribution in [3.05, 3.63) is 0 Å². The smallest absolute Gasteiger partial charge is 0.310 e. The van der Waals surface area contributed by atoms with E-state index in [1.807, 2.05) is 7.05 Å². The largest absolute Gasteiger partial charge is 0.466 e. The van der Waals surface area contributed by atoms with Crippen LogP contribution in [0, 0.1) is 11.8 Å². The van der Waals surface area contributed by atoms with E-state index < -0.39 is 0 Å². The van der Waals surface area contributed by atoms with E-state index in [4.69, 9.17) is 4.74 Å². The van der Waals surface area contributed by atoms with Gasteiger partial charge in [-0.1, -0.05) is 0 Å². The Morgan fingerprint density at radius 3 is 2.52 bits per heavy atom. The maximum Gasteiger partial charge on any atom is 0.310 e. The molecule has 0 aromatic carbocycles. The van der Waals surface area contributed by atoms with Crippen molar-refractivity contribution in [1.29, 1.82) is 0 Å².